The van der Waals surface area contributed by atoms with Crippen molar-refractivity contribution in [1.82, 2.24) is 10.3 Å². The van der Waals surface area contributed by atoms with E-state index in [9.17, 15) is 9.59 Å². The van der Waals surface area contributed by atoms with E-state index in [1.165, 1.54) is 6.20 Å². The fourth-order valence-corrected chi connectivity index (χ4v) is 1.42. The molecular formula is C14H18N2O4. The van der Waals surface area contributed by atoms with Crippen LogP contribution in [0, 0.1) is 0 Å². The predicted molar refractivity (Wildman–Crippen MR) is 73.5 cm³/mol. The molecule has 0 unspecified atom stereocenters. The first kappa shape index (κ1) is 15.7. The van der Waals surface area contributed by atoms with Crippen molar-refractivity contribution in [2.45, 2.75) is 13.8 Å². The number of esters is 2. The van der Waals surface area contributed by atoms with E-state index in [1.807, 2.05) is 0 Å². The standard InChI is InChI=1S/C14H18N2O4/c1-3-19-13(17)10-15-9-11(14(18)20-4-2)12-7-5-6-8-16-12/h5-9,15H,3-4,10H2,1-2H3/b11-9-. The molecule has 0 aromatic carbocycles. The summed E-state index contributed by atoms with van der Waals surface area (Å²) in [4.78, 5) is 27.2. The zero-order valence-corrected chi connectivity index (χ0v) is 11.6. The Labute approximate surface area is 117 Å². The van der Waals surface area contributed by atoms with Gasteiger partial charge in [0.15, 0.2) is 0 Å². The number of hydrogen-bond acceptors (Lipinski definition) is 6. The van der Waals surface area contributed by atoms with E-state index >= 15 is 0 Å². The van der Waals surface area contributed by atoms with E-state index in [0.717, 1.165) is 0 Å². The quantitative estimate of drug-likeness (QED) is 0.595. The van der Waals surface area contributed by atoms with Crippen LogP contribution in [0.25, 0.3) is 5.57 Å². The average Bonchev–Trinajstić information content (AvgIpc) is 2.45. The van der Waals surface area contributed by atoms with Gasteiger partial charge in [0.1, 0.15) is 12.1 Å². The molecule has 0 fully saturated rings. The van der Waals surface area contributed by atoms with Gasteiger partial charge in [-0.05, 0) is 26.0 Å². The van der Waals surface area contributed by atoms with Crippen LogP contribution < -0.4 is 5.32 Å². The summed E-state index contributed by atoms with van der Waals surface area (Å²) < 4.78 is 9.73. The van der Waals surface area contributed by atoms with Crippen molar-refractivity contribution in [3.63, 3.8) is 0 Å². The molecule has 1 rings (SSSR count). The molecule has 0 spiro atoms. The second-order valence-corrected chi connectivity index (χ2v) is 3.68. The minimum absolute atomic E-state index is 0.0242. The van der Waals surface area contributed by atoms with Crippen molar-refractivity contribution >= 4 is 17.5 Å². The van der Waals surface area contributed by atoms with Crippen molar-refractivity contribution in [3.05, 3.63) is 36.3 Å². The molecule has 6 heteroatoms. The Hall–Kier alpha value is -2.37. The van der Waals surface area contributed by atoms with Crippen LogP contribution >= 0.6 is 0 Å². The van der Waals surface area contributed by atoms with Crippen LogP contribution in [-0.4, -0.2) is 36.7 Å². The average molecular weight is 278 g/mol. The molecule has 0 amide bonds. The maximum atomic E-state index is 11.9. The zero-order valence-electron chi connectivity index (χ0n) is 11.6. The van der Waals surface area contributed by atoms with Gasteiger partial charge in [-0.25, -0.2) is 4.79 Å². The van der Waals surface area contributed by atoms with Crippen LogP contribution in [0.1, 0.15) is 19.5 Å². The zero-order chi connectivity index (χ0) is 14.8. The number of pyridine rings is 1. The summed E-state index contributed by atoms with van der Waals surface area (Å²) in [5.74, 6) is -0.893. The van der Waals surface area contributed by atoms with Gasteiger partial charge in [-0.15, -0.1) is 0 Å². The van der Waals surface area contributed by atoms with Gasteiger partial charge < -0.3 is 14.8 Å². The lowest BCUT2D eigenvalue weighted by molar-refractivity contribution is -0.142. The fraction of sp³-hybridized carbons (Fsp3) is 0.357. The smallest absolute Gasteiger partial charge is 0.341 e. The summed E-state index contributed by atoms with van der Waals surface area (Å²) in [5, 5.41) is 2.73. The van der Waals surface area contributed by atoms with E-state index in [1.54, 1.807) is 38.2 Å². The predicted octanol–water partition coefficient (Wildman–Crippen LogP) is 1.14. The summed E-state index contributed by atoms with van der Waals surface area (Å²) in [7, 11) is 0. The first-order valence-electron chi connectivity index (χ1n) is 6.36. The summed E-state index contributed by atoms with van der Waals surface area (Å²) in [6, 6.07) is 5.20. The number of carbonyl (C=O) groups is 2. The molecule has 0 aliphatic rings. The molecule has 0 radical (unpaired) electrons. The molecule has 0 bridgehead atoms. The van der Waals surface area contributed by atoms with Crippen molar-refractivity contribution in [2.75, 3.05) is 19.8 Å². The number of carbonyl (C=O) groups excluding carboxylic acids is 2. The molecule has 0 saturated carbocycles. The number of hydrogen-bond donors (Lipinski definition) is 1. The lowest BCUT2D eigenvalue weighted by Gasteiger charge is -2.07. The Morgan fingerprint density at radius 2 is 2.00 bits per heavy atom. The third kappa shape index (κ3) is 5.09. The number of nitrogens with one attached hydrogen (secondary N) is 1. The maximum absolute atomic E-state index is 11.9. The Bertz CT molecular complexity index is 471. The summed E-state index contributed by atoms with van der Waals surface area (Å²) in [5.41, 5.74) is 0.735. The number of nitrogens with zero attached hydrogens (tertiary/aromatic N) is 1. The minimum atomic E-state index is -0.498. The molecule has 0 atom stereocenters. The molecule has 108 valence electrons. The molecular weight excluding hydrogens is 260 g/mol. The van der Waals surface area contributed by atoms with Crippen LogP contribution in [0.5, 0.6) is 0 Å². The highest BCUT2D eigenvalue weighted by Gasteiger charge is 2.14. The molecule has 0 saturated heterocycles. The summed E-state index contributed by atoms with van der Waals surface area (Å²) in [6.45, 7) is 4.01. The SMILES string of the molecule is CCOC(=O)CN/C=C(\C(=O)OCC)c1ccccn1. The highest BCUT2D eigenvalue weighted by atomic mass is 16.5. The Morgan fingerprint density at radius 1 is 1.25 bits per heavy atom. The van der Waals surface area contributed by atoms with Gasteiger partial charge in [0, 0.05) is 12.4 Å². The highest BCUT2D eigenvalue weighted by Crippen LogP contribution is 2.12. The number of aromatic nitrogens is 1. The molecule has 6 nitrogen and oxygen atoms in total. The van der Waals surface area contributed by atoms with Crippen LogP contribution in [0.3, 0.4) is 0 Å². The third-order valence-electron chi connectivity index (χ3n) is 2.23. The minimum Gasteiger partial charge on any atom is -0.465 e. The Kier molecular flexibility index (Phi) is 6.81. The topological polar surface area (TPSA) is 77.5 Å². The molecule has 0 aliphatic heterocycles. The fourth-order valence-electron chi connectivity index (χ4n) is 1.42. The van der Waals surface area contributed by atoms with Gasteiger partial charge in [-0.3, -0.25) is 9.78 Å². The molecule has 20 heavy (non-hydrogen) atoms. The summed E-state index contributed by atoms with van der Waals surface area (Å²) >= 11 is 0. The maximum Gasteiger partial charge on any atom is 0.341 e. The molecule has 1 heterocycles. The van der Waals surface area contributed by atoms with Crippen LogP contribution in [0.15, 0.2) is 30.6 Å². The van der Waals surface area contributed by atoms with Crippen molar-refractivity contribution in [2.24, 2.45) is 0 Å². The number of ether oxygens (including phenoxy) is 2. The van der Waals surface area contributed by atoms with Gasteiger partial charge in [-0.2, -0.15) is 0 Å². The highest BCUT2D eigenvalue weighted by molar-refractivity contribution is 6.15. The van der Waals surface area contributed by atoms with Gasteiger partial charge in [0.25, 0.3) is 0 Å². The molecule has 1 aromatic rings. The second kappa shape index (κ2) is 8.68. The van der Waals surface area contributed by atoms with E-state index in [-0.39, 0.29) is 18.7 Å². The molecule has 1 N–H and O–H groups in total. The van der Waals surface area contributed by atoms with Gasteiger partial charge in [-0.1, -0.05) is 6.07 Å². The summed E-state index contributed by atoms with van der Waals surface area (Å²) in [6.07, 6.45) is 2.99. The van der Waals surface area contributed by atoms with E-state index < -0.39 is 11.9 Å². The number of rotatable bonds is 7. The van der Waals surface area contributed by atoms with E-state index in [4.69, 9.17) is 9.47 Å². The van der Waals surface area contributed by atoms with Crippen molar-refractivity contribution in [3.8, 4) is 0 Å². The Balaban J connectivity index is 2.78. The van der Waals surface area contributed by atoms with Crippen LogP contribution in [0.4, 0.5) is 0 Å². The van der Waals surface area contributed by atoms with Crippen LogP contribution in [0.2, 0.25) is 0 Å². The van der Waals surface area contributed by atoms with Crippen LogP contribution in [-0.2, 0) is 19.1 Å². The largest absolute Gasteiger partial charge is 0.465 e. The normalized spacial score (nSPS) is 10.8. The monoisotopic (exact) mass is 278 g/mol. The lowest BCUT2D eigenvalue weighted by atomic mass is 10.2. The molecule has 0 aliphatic carbocycles. The van der Waals surface area contributed by atoms with E-state index in [0.29, 0.717) is 12.3 Å². The van der Waals surface area contributed by atoms with Gasteiger partial charge in [0.05, 0.1) is 18.9 Å². The third-order valence-corrected chi connectivity index (χ3v) is 2.23. The van der Waals surface area contributed by atoms with Crippen molar-refractivity contribution < 1.29 is 19.1 Å². The second-order valence-electron chi connectivity index (χ2n) is 3.68. The lowest BCUT2D eigenvalue weighted by Crippen LogP contribution is -2.22. The Morgan fingerprint density at radius 3 is 2.60 bits per heavy atom. The molecule has 1 aromatic heterocycles. The first-order chi connectivity index (χ1) is 9.69. The van der Waals surface area contributed by atoms with Gasteiger partial charge in [0.2, 0.25) is 0 Å². The van der Waals surface area contributed by atoms with E-state index in [2.05, 4.69) is 10.3 Å². The first-order valence-corrected chi connectivity index (χ1v) is 6.36. The van der Waals surface area contributed by atoms with Gasteiger partial charge >= 0.3 is 11.9 Å². The van der Waals surface area contributed by atoms with Crippen molar-refractivity contribution in [1.29, 1.82) is 0 Å².